The maximum atomic E-state index is 9.94. The molecule has 0 amide bonds. The Labute approximate surface area is 122 Å². The van der Waals surface area contributed by atoms with E-state index in [1.165, 1.54) is 44.5 Å². The van der Waals surface area contributed by atoms with Gasteiger partial charge < -0.3 is 10.0 Å². The van der Waals surface area contributed by atoms with Crippen LogP contribution in [0.25, 0.3) is 0 Å². The van der Waals surface area contributed by atoms with Crippen molar-refractivity contribution in [3.8, 4) is 0 Å². The molecule has 2 heterocycles. The SMILES string of the molecule is C[C@@H](O)c1ccccc1N1CCC(N2CCCCC2)C1. The van der Waals surface area contributed by atoms with E-state index in [0.717, 1.165) is 18.7 Å². The maximum Gasteiger partial charge on any atom is 0.0781 e. The first-order valence-electron chi connectivity index (χ1n) is 8.01. The Morgan fingerprint density at radius 2 is 1.85 bits per heavy atom. The van der Waals surface area contributed by atoms with Crippen LogP contribution >= 0.6 is 0 Å². The summed E-state index contributed by atoms with van der Waals surface area (Å²) in [5.74, 6) is 0. The summed E-state index contributed by atoms with van der Waals surface area (Å²) in [6.07, 6.45) is 4.99. The fourth-order valence-corrected chi connectivity index (χ4v) is 3.67. The summed E-state index contributed by atoms with van der Waals surface area (Å²) in [5.41, 5.74) is 2.29. The van der Waals surface area contributed by atoms with E-state index < -0.39 is 0 Å². The van der Waals surface area contributed by atoms with Gasteiger partial charge in [-0.25, -0.2) is 0 Å². The number of aliphatic hydroxyl groups excluding tert-OH is 1. The molecule has 0 radical (unpaired) electrons. The number of para-hydroxylation sites is 1. The number of anilines is 1. The lowest BCUT2D eigenvalue weighted by Gasteiger charge is -2.32. The molecule has 0 bridgehead atoms. The summed E-state index contributed by atoms with van der Waals surface area (Å²) in [7, 11) is 0. The molecule has 110 valence electrons. The number of likely N-dealkylation sites (tertiary alicyclic amines) is 1. The van der Waals surface area contributed by atoms with Crippen molar-refractivity contribution >= 4 is 5.69 Å². The Kier molecular flexibility index (Phi) is 4.27. The lowest BCUT2D eigenvalue weighted by Crippen LogP contribution is -2.41. The lowest BCUT2D eigenvalue weighted by molar-refractivity contribution is 0.174. The van der Waals surface area contributed by atoms with Gasteiger partial charge in [-0.3, -0.25) is 4.90 Å². The zero-order valence-electron chi connectivity index (χ0n) is 12.5. The summed E-state index contributed by atoms with van der Waals surface area (Å²) in [6, 6.07) is 9.01. The molecule has 2 atom stereocenters. The second-order valence-electron chi connectivity index (χ2n) is 6.22. The van der Waals surface area contributed by atoms with E-state index in [2.05, 4.69) is 21.9 Å². The van der Waals surface area contributed by atoms with Gasteiger partial charge in [0.25, 0.3) is 0 Å². The van der Waals surface area contributed by atoms with Crippen LogP contribution in [0, 0.1) is 0 Å². The monoisotopic (exact) mass is 274 g/mol. The molecular formula is C17H26N2O. The molecule has 1 unspecified atom stereocenters. The van der Waals surface area contributed by atoms with E-state index in [0.29, 0.717) is 6.04 Å². The summed E-state index contributed by atoms with van der Waals surface area (Å²) in [5, 5.41) is 9.94. The molecule has 1 aromatic rings. The van der Waals surface area contributed by atoms with Crippen molar-refractivity contribution in [3.63, 3.8) is 0 Å². The van der Waals surface area contributed by atoms with Gasteiger partial charge in [-0.05, 0) is 45.3 Å². The van der Waals surface area contributed by atoms with Crippen LogP contribution in [0.3, 0.4) is 0 Å². The number of aliphatic hydroxyl groups is 1. The van der Waals surface area contributed by atoms with Gasteiger partial charge in [-0.2, -0.15) is 0 Å². The van der Waals surface area contributed by atoms with Gasteiger partial charge in [0.2, 0.25) is 0 Å². The molecule has 1 N–H and O–H groups in total. The number of hydrogen-bond acceptors (Lipinski definition) is 3. The highest BCUT2D eigenvalue weighted by atomic mass is 16.3. The van der Waals surface area contributed by atoms with Crippen molar-refractivity contribution in [3.05, 3.63) is 29.8 Å². The first-order valence-corrected chi connectivity index (χ1v) is 8.01. The normalized spacial score (nSPS) is 25.9. The number of hydrogen-bond donors (Lipinski definition) is 1. The van der Waals surface area contributed by atoms with Crippen molar-refractivity contribution in [2.75, 3.05) is 31.1 Å². The number of rotatable bonds is 3. The van der Waals surface area contributed by atoms with Crippen LogP contribution in [0.5, 0.6) is 0 Å². The molecule has 3 heteroatoms. The lowest BCUT2D eigenvalue weighted by atomic mass is 10.1. The van der Waals surface area contributed by atoms with Crippen LogP contribution in [-0.4, -0.2) is 42.2 Å². The van der Waals surface area contributed by atoms with E-state index in [4.69, 9.17) is 0 Å². The van der Waals surface area contributed by atoms with Gasteiger partial charge in [0.15, 0.2) is 0 Å². The smallest absolute Gasteiger partial charge is 0.0781 e. The topological polar surface area (TPSA) is 26.7 Å². The van der Waals surface area contributed by atoms with Gasteiger partial charge in [-0.15, -0.1) is 0 Å². The third kappa shape index (κ3) is 2.84. The van der Waals surface area contributed by atoms with Gasteiger partial charge in [0.05, 0.1) is 6.10 Å². The van der Waals surface area contributed by atoms with Crippen LogP contribution < -0.4 is 4.90 Å². The molecule has 3 nitrogen and oxygen atoms in total. The molecule has 2 fully saturated rings. The first kappa shape index (κ1) is 13.9. The van der Waals surface area contributed by atoms with Gasteiger partial charge in [-0.1, -0.05) is 24.6 Å². The second-order valence-corrected chi connectivity index (χ2v) is 6.22. The number of piperidine rings is 1. The van der Waals surface area contributed by atoms with E-state index in [9.17, 15) is 5.11 Å². The first-order chi connectivity index (χ1) is 9.75. The quantitative estimate of drug-likeness (QED) is 0.918. The second kappa shape index (κ2) is 6.15. The third-order valence-corrected chi connectivity index (χ3v) is 4.80. The average Bonchev–Trinajstić information content (AvgIpc) is 2.98. The van der Waals surface area contributed by atoms with Crippen LogP contribution in [0.4, 0.5) is 5.69 Å². The van der Waals surface area contributed by atoms with E-state index >= 15 is 0 Å². The standard InChI is InChI=1S/C17H26N2O/c1-14(20)16-7-3-4-8-17(16)19-12-9-15(13-19)18-10-5-2-6-11-18/h3-4,7-8,14-15,20H,2,5-6,9-13H2,1H3/t14-,15?/m1/s1. The highest BCUT2D eigenvalue weighted by Gasteiger charge is 2.29. The summed E-state index contributed by atoms with van der Waals surface area (Å²) in [4.78, 5) is 5.13. The average molecular weight is 274 g/mol. The summed E-state index contributed by atoms with van der Waals surface area (Å²) in [6.45, 7) is 6.64. The van der Waals surface area contributed by atoms with E-state index in [-0.39, 0.29) is 6.10 Å². The molecule has 0 aromatic heterocycles. The molecule has 1 aromatic carbocycles. The molecule has 0 aliphatic carbocycles. The Bertz CT molecular complexity index is 440. The highest BCUT2D eigenvalue weighted by Crippen LogP contribution is 2.30. The van der Waals surface area contributed by atoms with Crippen LogP contribution in [0.2, 0.25) is 0 Å². The Morgan fingerprint density at radius 1 is 1.10 bits per heavy atom. The minimum atomic E-state index is -0.389. The molecular weight excluding hydrogens is 248 g/mol. The largest absolute Gasteiger partial charge is 0.389 e. The van der Waals surface area contributed by atoms with Crippen molar-refractivity contribution < 1.29 is 5.11 Å². The third-order valence-electron chi connectivity index (χ3n) is 4.80. The molecule has 2 aliphatic heterocycles. The molecule has 0 saturated carbocycles. The zero-order chi connectivity index (χ0) is 13.9. The van der Waals surface area contributed by atoms with Crippen LogP contribution in [0.15, 0.2) is 24.3 Å². The van der Waals surface area contributed by atoms with Gasteiger partial charge in [0.1, 0.15) is 0 Å². The predicted molar refractivity (Wildman–Crippen MR) is 83.1 cm³/mol. The Morgan fingerprint density at radius 3 is 2.60 bits per heavy atom. The maximum absolute atomic E-state index is 9.94. The van der Waals surface area contributed by atoms with Crippen LogP contribution in [0.1, 0.15) is 44.3 Å². The fraction of sp³-hybridized carbons (Fsp3) is 0.647. The van der Waals surface area contributed by atoms with Crippen molar-refractivity contribution in [2.24, 2.45) is 0 Å². The van der Waals surface area contributed by atoms with Crippen molar-refractivity contribution in [1.82, 2.24) is 4.90 Å². The van der Waals surface area contributed by atoms with Crippen molar-refractivity contribution in [1.29, 1.82) is 0 Å². The Balaban J connectivity index is 1.70. The molecule has 3 rings (SSSR count). The van der Waals surface area contributed by atoms with E-state index in [1.54, 1.807) is 0 Å². The minimum Gasteiger partial charge on any atom is -0.389 e. The summed E-state index contributed by atoms with van der Waals surface area (Å²) >= 11 is 0. The molecule has 0 spiro atoms. The minimum absolute atomic E-state index is 0.389. The number of nitrogens with zero attached hydrogens (tertiary/aromatic N) is 2. The van der Waals surface area contributed by atoms with Gasteiger partial charge >= 0.3 is 0 Å². The molecule has 2 aliphatic rings. The molecule has 2 saturated heterocycles. The fourth-order valence-electron chi connectivity index (χ4n) is 3.67. The van der Waals surface area contributed by atoms with Crippen LogP contribution in [-0.2, 0) is 0 Å². The van der Waals surface area contributed by atoms with E-state index in [1.807, 2.05) is 19.1 Å². The predicted octanol–water partition coefficient (Wildman–Crippen LogP) is 2.80. The Hall–Kier alpha value is -1.06. The highest BCUT2D eigenvalue weighted by molar-refractivity contribution is 5.55. The van der Waals surface area contributed by atoms with Gasteiger partial charge in [0, 0.05) is 30.4 Å². The zero-order valence-corrected chi connectivity index (χ0v) is 12.5. The summed E-state index contributed by atoms with van der Waals surface area (Å²) < 4.78 is 0. The number of benzene rings is 1. The molecule has 20 heavy (non-hydrogen) atoms. The van der Waals surface area contributed by atoms with Crippen molar-refractivity contribution in [2.45, 2.75) is 44.8 Å².